The van der Waals surface area contributed by atoms with E-state index in [1.54, 1.807) is 58.2 Å². The summed E-state index contributed by atoms with van der Waals surface area (Å²) in [5.74, 6) is -1.72. The summed E-state index contributed by atoms with van der Waals surface area (Å²) in [7, 11) is -4.03. The maximum atomic E-state index is 12.8. The Hall–Kier alpha value is -4.59. The highest BCUT2D eigenvalue weighted by Gasteiger charge is 2.29. The zero-order valence-electron chi connectivity index (χ0n) is 25.6. The monoisotopic (exact) mass is 626 g/mol. The van der Waals surface area contributed by atoms with Crippen molar-refractivity contribution in [1.29, 1.82) is 0 Å². The molecule has 0 fully saturated rings. The molecule has 3 aromatic rings. The van der Waals surface area contributed by atoms with Gasteiger partial charge in [-0.25, -0.2) is 9.48 Å². The fourth-order valence-electron chi connectivity index (χ4n) is 3.90. The second kappa shape index (κ2) is 14.7. The van der Waals surface area contributed by atoms with Crippen molar-refractivity contribution in [2.75, 3.05) is 17.2 Å². The summed E-state index contributed by atoms with van der Waals surface area (Å²) in [5, 5.41) is 13.3. The number of esters is 1. The van der Waals surface area contributed by atoms with Crippen LogP contribution >= 0.6 is 0 Å². The van der Waals surface area contributed by atoms with Gasteiger partial charge in [-0.05, 0) is 82.0 Å². The van der Waals surface area contributed by atoms with Crippen LogP contribution in [0.4, 0.5) is 16.2 Å². The third kappa shape index (κ3) is 10.6. The highest BCUT2D eigenvalue weighted by Crippen LogP contribution is 2.19. The van der Waals surface area contributed by atoms with E-state index >= 15 is 0 Å². The second-order valence-corrected chi connectivity index (χ2v) is 13.0. The lowest BCUT2D eigenvalue weighted by Gasteiger charge is -2.19. The van der Waals surface area contributed by atoms with Crippen LogP contribution in [0.3, 0.4) is 0 Å². The topological polar surface area (TPSA) is 171 Å². The smallest absolute Gasteiger partial charge is 0.412 e. The van der Waals surface area contributed by atoms with Gasteiger partial charge >= 0.3 is 12.1 Å². The summed E-state index contributed by atoms with van der Waals surface area (Å²) in [5.41, 5.74) is 1.30. The molecule has 2 N–H and O–H groups in total. The standard InChI is InChI=1S/C30H38N6O7S/c1-7-42-28(38)26(16-20(2)3)27(37)32-22-10-8-21(9-11-22)18-36-19-24(34-35-36)17-31-44(40,41)25-14-12-23(13-15-25)33-29(39)43-30(4,5)6/h8-15,17,19-20,26H,7,16,18H2,1-6H3,(H,32,37)(H,33,39)/b31-17+. The molecule has 0 aliphatic carbocycles. The number of amides is 2. The van der Waals surface area contributed by atoms with E-state index in [0.29, 0.717) is 24.3 Å². The Morgan fingerprint density at radius 1 is 1.00 bits per heavy atom. The van der Waals surface area contributed by atoms with Crippen LogP contribution in [-0.2, 0) is 35.6 Å². The highest BCUT2D eigenvalue weighted by molar-refractivity contribution is 7.90. The van der Waals surface area contributed by atoms with E-state index in [9.17, 15) is 22.8 Å². The predicted molar refractivity (Wildman–Crippen MR) is 165 cm³/mol. The predicted octanol–water partition coefficient (Wildman–Crippen LogP) is 4.65. The molecular weight excluding hydrogens is 588 g/mol. The first kappa shape index (κ1) is 33.9. The minimum atomic E-state index is -4.03. The Bertz CT molecular complexity index is 1570. The quantitative estimate of drug-likeness (QED) is 0.165. The number of aromatic nitrogens is 3. The van der Waals surface area contributed by atoms with E-state index < -0.39 is 39.5 Å². The number of carbonyl (C=O) groups excluding carboxylic acids is 3. The molecule has 13 nitrogen and oxygen atoms in total. The van der Waals surface area contributed by atoms with Gasteiger partial charge in [0.25, 0.3) is 10.0 Å². The number of ether oxygens (including phenoxy) is 2. The third-order valence-corrected chi connectivity index (χ3v) is 7.09. The van der Waals surface area contributed by atoms with Gasteiger partial charge in [0.2, 0.25) is 5.91 Å². The van der Waals surface area contributed by atoms with Crippen molar-refractivity contribution in [1.82, 2.24) is 15.0 Å². The molecule has 2 aromatic carbocycles. The average Bonchev–Trinajstić information content (AvgIpc) is 3.38. The first-order chi connectivity index (χ1) is 20.6. The molecule has 14 heteroatoms. The molecule has 1 heterocycles. The fraction of sp³-hybridized carbons (Fsp3) is 0.400. The maximum Gasteiger partial charge on any atom is 0.412 e. The third-order valence-electron chi connectivity index (χ3n) is 5.84. The van der Waals surface area contributed by atoms with Gasteiger partial charge in [0.15, 0.2) is 0 Å². The molecule has 1 unspecified atom stereocenters. The molecule has 1 atom stereocenters. The lowest BCUT2D eigenvalue weighted by Crippen LogP contribution is -2.32. The Kier molecular flexibility index (Phi) is 11.4. The highest BCUT2D eigenvalue weighted by atomic mass is 32.2. The van der Waals surface area contributed by atoms with Crippen LogP contribution < -0.4 is 10.6 Å². The van der Waals surface area contributed by atoms with Gasteiger partial charge in [-0.3, -0.25) is 14.9 Å². The first-order valence-corrected chi connectivity index (χ1v) is 15.5. The van der Waals surface area contributed by atoms with Crippen LogP contribution in [-0.4, -0.2) is 59.8 Å². The molecule has 3 rings (SSSR count). The van der Waals surface area contributed by atoms with Crippen LogP contribution in [0.25, 0.3) is 0 Å². The number of anilines is 2. The Morgan fingerprint density at radius 3 is 2.20 bits per heavy atom. The molecule has 0 saturated heterocycles. The van der Waals surface area contributed by atoms with E-state index in [1.807, 2.05) is 13.8 Å². The molecule has 0 aliphatic heterocycles. The van der Waals surface area contributed by atoms with E-state index in [-0.39, 0.29) is 23.1 Å². The number of hydrogen-bond donors (Lipinski definition) is 2. The van der Waals surface area contributed by atoms with E-state index in [0.717, 1.165) is 11.8 Å². The molecule has 1 aromatic heterocycles. The zero-order chi connectivity index (χ0) is 32.5. The number of benzene rings is 2. The molecule has 0 radical (unpaired) electrons. The maximum absolute atomic E-state index is 12.8. The molecule has 0 saturated carbocycles. The Balaban J connectivity index is 1.58. The molecule has 0 spiro atoms. The van der Waals surface area contributed by atoms with Crippen molar-refractivity contribution in [2.45, 2.75) is 65.0 Å². The van der Waals surface area contributed by atoms with Crippen LogP contribution in [0.5, 0.6) is 0 Å². The molecule has 0 aliphatic rings. The van der Waals surface area contributed by atoms with Crippen LogP contribution in [0.15, 0.2) is 64.0 Å². The number of nitrogens with one attached hydrogen (secondary N) is 2. The minimum absolute atomic E-state index is 0.0687. The number of hydrogen-bond acceptors (Lipinski definition) is 9. The van der Waals surface area contributed by atoms with Crippen LogP contribution in [0.1, 0.15) is 59.2 Å². The van der Waals surface area contributed by atoms with Crippen molar-refractivity contribution in [3.05, 3.63) is 66.0 Å². The largest absolute Gasteiger partial charge is 0.465 e. The van der Waals surface area contributed by atoms with Gasteiger partial charge in [-0.1, -0.05) is 31.2 Å². The van der Waals surface area contributed by atoms with Crippen molar-refractivity contribution in [2.24, 2.45) is 16.2 Å². The van der Waals surface area contributed by atoms with Crippen molar-refractivity contribution < 1.29 is 32.3 Å². The Labute approximate surface area is 257 Å². The summed E-state index contributed by atoms with van der Waals surface area (Å²) in [6, 6.07) is 12.5. The second-order valence-electron chi connectivity index (χ2n) is 11.3. The normalized spacial score (nSPS) is 12.6. The van der Waals surface area contributed by atoms with E-state index in [2.05, 4.69) is 25.3 Å². The van der Waals surface area contributed by atoms with Gasteiger partial charge in [0.1, 0.15) is 17.2 Å². The van der Waals surface area contributed by atoms with Crippen LogP contribution in [0, 0.1) is 11.8 Å². The minimum Gasteiger partial charge on any atom is -0.465 e. The van der Waals surface area contributed by atoms with Gasteiger partial charge in [-0.15, -0.1) is 5.10 Å². The molecule has 236 valence electrons. The van der Waals surface area contributed by atoms with Gasteiger partial charge in [-0.2, -0.15) is 12.8 Å². The summed E-state index contributed by atoms with van der Waals surface area (Å²) in [6.45, 7) is 11.3. The molecule has 2 amide bonds. The molecular formula is C30H38N6O7S. The van der Waals surface area contributed by atoms with Crippen LogP contribution in [0.2, 0.25) is 0 Å². The summed E-state index contributed by atoms with van der Waals surface area (Å²) in [6.07, 6.45) is 2.36. The van der Waals surface area contributed by atoms with E-state index in [4.69, 9.17) is 9.47 Å². The fourth-order valence-corrected chi connectivity index (χ4v) is 4.75. The zero-order valence-corrected chi connectivity index (χ0v) is 26.4. The van der Waals surface area contributed by atoms with Crippen molar-refractivity contribution in [3.8, 4) is 0 Å². The molecule has 0 bridgehead atoms. The summed E-state index contributed by atoms with van der Waals surface area (Å²) in [4.78, 5) is 36.9. The van der Waals surface area contributed by atoms with E-state index in [1.165, 1.54) is 28.9 Å². The van der Waals surface area contributed by atoms with Crippen molar-refractivity contribution >= 4 is 45.6 Å². The first-order valence-electron chi connectivity index (χ1n) is 14.0. The Morgan fingerprint density at radius 2 is 1.61 bits per heavy atom. The summed E-state index contributed by atoms with van der Waals surface area (Å²) >= 11 is 0. The summed E-state index contributed by atoms with van der Waals surface area (Å²) < 4.78 is 40.8. The number of rotatable bonds is 12. The van der Waals surface area contributed by atoms with Crippen molar-refractivity contribution in [3.63, 3.8) is 0 Å². The van der Waals surface area contributed by atoms with Gasteiger partial charge < -0.3 is 14.8 Å². The number of nitrogens with zero attached hydrogens (tertiary/aromatic N) is 4. The lowest BCUT2D eigenvalue weighted by atomic mass is 9.96. The van der Waals surface area contributed by atoms with Gasteiger partial charge in [0.05, 0.1) is 30.5 Å². The lowest BCUT2D eigenvalue weighted by molar-refractivity contribution is -0.151. The number of carbonyl (C=O) groups is 3. The molecule has 44 heavy (non-hydrogen) atoms. The van der Waals surface area contributed by atoms with Gasteiger partial charge in [0, 0.05) is 11.4 Å². The number of sulfonamides is 1. The average molecular weight is 627 g/mol. The SMILES string of the molecule is CCOC(=O)C(CC(C)C)C(=O)Nc1ccc(Cn2cc(/C=N/S(=O)(=O)c3ccc(NC(=O)OC(C)(C)C)cc3)nn2)cc1.